The van der Waals surface area contributed by atoms with Crippen LogP contribution in [-0.2, 0) is 0 Å². The molecule has 2 aliphatic rings. The lowest BCUT2D eigenvalue weighted by Crippen LogP contribution is -2.33. The van der Waals surface area contributed by atoms with Crippen LogP contribution in [0.4, 0.5) is 5.82 Å². The van der Waals surface area contributed by atoms with Crippen molar-refractivity contribution >= 4 is 5.82 Å². The van der Waals surface area contributed by atoms with Crippen molar-refractivity contribution in [1.82, 2.24) is 14.9 Å². The van der Waals surface area contributed by atoms with Gasteiger partial charge >= 0.3 is 0 Å². The van der Waals surface area contributed by atoms with Crippen molar-refractivity contribution < 1.29 is 10.2 Å². The van der Waals surface area contributed by atoms with E-state index in [0.29, 0.717) is 11.8 Å². The largest absolute Gasteiger partial charge is 0.393 e. The number of hydrogen-bond donors (Lipinski definition) is 2. The van der Waals surface area contributed by atoms with Crippen LogP contribution in [0.5, 0.6) is 0 Å². The Morgan fingerprint density at radius 1 is 1.00 bits per heavy atom. The van der Waals surface area contributed by atoms with Gasteiger partial charge in [-0.3, -0.25) is 4.90 Å². The number of aliphatic hydroxyl groups is 2. The second-order valence-corrected chi connectivity index (χ2v) is 8.74. The molecular weight excluding hydrogens is 340 g/mol. The van der Waals surface area contributed by atoms with E-state index in [4.69, 9.17) is 4.98 Å². The van der Waals surface area contributed by atoms with Crippen molar-refractivity contribution in [2.24, 2.45) is 11.8 Å². The van der Waals surface area contributed by atoms with Gasteiger partial charge in [-0.15, -0.1) is 0 Å². The van der Waals surface area contributed by atoms with E-state index in [1.54, 1.807) is 0 Å². The molecule has 2 saturated carbocycles. The van der Waals surface area contributed by atoms with Crippen LogP contribution in [0.25, 0.3) is 0 Å². The van der Waals surface area contributed by atoms with Crippen LogP contribution in [0.2, 0.25) is 0 Å². The zero-order chi connectivity index (χ0) is 19.6. The molecule has 2 aliphatic carbocycles. The molecule has 2 fully saturated rings. The number of rotatable bonds is 7. The highest BCUT2D eigenvalue weighted by molar-refractivity contribution is 5.39. The highest BCUT2D eigenvalue weighted by Crippen LogP contribution is 2.30. The summed E-state index contributed by atoms with van der Waals surface area (Å²) in [7, 11) is 4.15. The number of aliphatic hydroxyl groups excluding tert-OH is 2. The smallest absolute Gasteiger partial charge is 0.147 e. The van der Waals surface area contributed by atoms with Crippen LogP contribution in [0.15, 0.2) is 6.07 Å². The summed E-state index contributed by atoms with van der Waals surface area (Å²) in [6, 6.07) is 2.13. The summed E-state index contributed by atoms with van der Waals surface area (Å²) in [5, 5.41) is 20.2. The SMILES string of the molecule is Cc1cc(N(C)C[C@@H]2CCC[C@@H]2O)nc([C@H](C)N(C)C[C@@H]2CCC[C@@H]2O)n1. The Kier molecular flexibility index (Phi) is 6.71. The Hall–Kier alpha value is -1.24. The van der Waals surface area contributed by atoms with E-state index in [0.717, 1.165) is 69.0 Å². The number of nitrogens with zero attached hydrogens (tertiary/aromatic N) is 4. The molecule has 2 N–H and O–H groups in total. The molecule has 152 valence electrons. The van der Waals surface area contributed by atoms with Crippen LogP contribution in [0.1, 0.15) is 63.0 Å². The molecule has 0 saturated heterocycles. The maximum absolute atomic E-state index is 10.1. The summed E-state index contributed by atoms with van der Waals surface area (Å²) >= 11 is 0. The molecule has 1 aromatic rings. The third-order valence-electron chi connectivity index (χ3n) is 6.55. The fraction of sp³-hybridized carbons (Fsp3) is 0.810. The maximum atomic E-state index is 10.1. The van der Waals surface area contributed by atoms with Gasteiger partial charge in [-0.05, 0) is 52.5 Å². The van der Waals surface area contributed by atoms with Gasteiger partial charge in [0, 0.05) is 37.8 Å². The van der Waals surface area contributed by atoms with Crippen molar-refractivity contribution in [1.29, 1.82) is 0 Å². The van der Waals surface area contributed by atoms with E-state index in [1.165, 1.54) is 0 Å². The van der Waals surface area contributed by atoms with Crippen molar-refractivity contribution in [3.05, 3.63) is 17.6 Å². The van der Waals surface area contributed by atoms with E-state index in [9.17, 15) is 10.2 Å². The van der Waals surface area contributed by atoms with Gasteiger partial charge in [-0.2, -0.15) is 0 Å². The van der Waals surface area contributed by atoms with Gasteiger partial charge < -0.3 is 15.1 Å². The minimum Gasteiger partial charge on any atom is -0.393 e. The standard InChI is InChI=1S/C21H36N4O2/c1-14-11-20(25(4)13-17-8-6-10-19(17)27)23-21(22-14)15(2)24(3)12-16-7-5-9-18(16)26/h11,15-19,26-27H,5-10,12-13H2,1-4H3/t15-,16-,17-,18-,19-/m0/s1. The van der Waals surface area contributed by atoms with Crippen molar-refractivity contribution in [3.8, 4) is 0 Å². The Morgan fingerprint density at radius 2 is 1.59 bits per heavy atom. The minimum atomic E-state index is -0.183. The first kappa shape index (κ1) is 20.5. The molecular formula is C21H36N4O2. The van der Waals surface area contributed by atoms with E-state index >= 15 is 0 Å². The van der Waals surface area contributed by atoms with Gasteiger partial charge in [0.15, 0.2) is 0 Å². The molecule has 5 atom stereocenters. The molecule has 1 heterocycles. The number of aromatic nitrogens is 2. The average Bonchev–Trinajstić information content (AvgIpc) is 3.22. The summed E-state index contributed by atoms with van der Waals surface area (Å²) in [6.07, 6.45) is 5.92. The fourth-order valence-electron chi connectivity index (χ4n) is 4.59. The van der Waals surface area contributed by atoms with Gasteiger partial charge in [-0.1, -0.05) is 12.8 Å². The Morgan fingerprint density at radius 3 is 2.15 bits per heavy atom. The first-order chi connectivity index (χ1) is 12.8. The monoisotopic (exact) mass is 376 g/mol. The maximum Gasteiger partial charge on any atom is 0.147 e. The topological polar surface area (TPSA) is 72.7 Å². The summed E-state index contributed by atoms with van der Waals surface area (Å²) in [5.74, 6) is 2.45. The number of hydrogen-bond acceptors (Lipinski definition) is 6. The van der Waals surface area contributed by atoms with Crippen LogP contribution in [-0.4, -0.2) is 64.5 Å². The van der Waals surface area contributed by atoms with E-state index < -0.39 is 0 Å². The molecule has 0 radical (unpaired) electrons. The first-order valence-electron chi connectivity index (χ1n) is 10.5. The van der Waals surface area contributed by atoms with Crippen molar-refractivity contribution in [3.63, 3.8) is 0 Å². The minimum absolute atomic E-state index is 0.0990. The summed E-state index contributed by atoms with van der Waals surface area (Å²) in [6.45, 7) is 5.86. The second kappa shape index (κ2) is 8.84. The van der Waals surface area contributed by atoms with Crippen LogP contribution in [0, 0.1) is 18.8 Å². The molecule has 3 rings (SSSR count). The molecule has 0 aliphatic heterocycles. The molecule has 0 aromatic carbocycles. The number of aryl methyl sites for hydroxylation is 1. The van der Waals surface area contributed by atoms with Crippen molar-refractivity contribution in [2.75, 3.05) is 32.1 Å². The van der Waals surface area contributed by atoms with E-state index in [1.807, 2.05) is 13.0 Å². The van der Waals surface area contributed by atoms with Gasteiger partial charge in [0.1, 0.15) is 11.6 Å². The normalized spacial score (nSPS) is 29.4. The summed E-state index contributed by atoms with van der Waals surface area (Å²) in [5.41, 5.74) is 0.968. The predicted octanol–water partition coefficient (Wildman–Crippen LogP) is 2.54. The predicted molar refractivity (Wildman–Crippen MR) is 108 cm³/mol. The van der Waals surface area contributed by atoms with Crippen LogP contribution < -0.4 is 4.90 Å². The van der Waals surface area contributed by atoms with Gasteiger partial charge in [0.2, 0.25) is 0 Å². The Bertz CT molecular complexity index is 626. The zero-order valence-corrected chi connectivity index (χ0v) is 17.3. The number of anilines is 1. The van der Waals surface area contributed by atoms with Crippen molar-refractivity contribution in [2.45, 2.75) is 70.6 Å². The molecule has 0 unspecified atom stereocenters. The van der Waals surface area contributed by atoms with Crippen LogP contribution in [0.3, 0.4) is 0 Å². The Balaban J connectivity index is 1.68. The molecule has 0 amide bonds. The van der Waals surface area contributed by atoms with E-state index in [2.05, 4.69) is 35.8 Å². The van der Waals surface area contributed by atoms with Gasteiger partial charge in [0.05, 0.1) is 18.2 Å². The summed E-state index contributed by atoms with van der Waals surface area (Å²) in [4.78, 5) is 14.0. The second-order valence-electron chi connectivity index (χ2n) is 8.74. The zero-order valence-electron chi connectivity index (χ0n) is 17.3. The van der Waals surface area contributed by atoms with Gasteiger partial charge in [0.25, 0.3) is 0 Å². The Labute approximate surface area is 163 Å². The molecule has 27 heavy (non-hydrogen) atoms. The summed E-state index contributed by atoms with van der Waals surface area (Å²) < 4.78 is 0. The average molecular weight is 377 g/mol. The van der Waals surface area contributed by atoms with Gasteiger partial charge in [-0.25, -0.2) is 9.97 Å². The van der Waals surface area contributed by atoms with Crippen LogP contribution >= 0.6 is 0 Å². The molecule has 0 bridgehead atoms. The first-order valence-corrected chi connectivity index (χ1v) is 10.5. The quantitative estimate of drug-likeness (QED) is 0.762. The molecule has 6 heteroatoms. The molecule has 6 nitrogen and oxygen atoms in total. The molecule has 0 spiro atoms. The lowest BCUT2D eigenvalue weighted by molar-refractivity contribution is 0.0977. The molecule has 1 aromatic heterocycles. The lowest BCUT2D eigenvalue weighted by atomic mass is 10.0. The van der Waals surface area contributed by atoms with E-state index in [-0.39, 0.29) is 18.2 Å². The third kappa shape index (κ3) is 4.98. The highest BCUT2D eigenvalue weighted by Gasteiger charge is 2.29. The fourth-order valence-corrected chi connectivity index (χ4v) is 4.59. The third-order valence-corrected chi connectivity index (χ3v) is 6.55. The highest BCUT2D eigenvalue weighted by atomic mass is 16.3. The lowest BCUT2D eigenvalue weighted by Gasteiger charge is -2.29.